The van der Waals surface area contributed by atoms with Crippen LogP contribution in [0.1, 0.15) is 0 Å². The Bertz CT molecular complexity index is 240. The molecule has 1 aliphatic carbocycles. The van der Waals surface area contributed by atoms with Crippen LogP contribution in [-0.4, -0.2) is 38.3 Å². The standard InChI is InChI=1S/C9H14O4/c1-5-6-7(10)9(12-3,13-4)8(6)11-2/h5,7,10H,1H2,2-4H3. The van der Waals surface area contributed by atoms with Gasteiger partial charge in [0.25, 0.3) is 5.79 Å². The molecule has 1 rings (SSSR count). The Morgan fingerprint density at radius 3 is 2.23 bits per heavy atom. The van der Waals surface area contributed by atoms with Gasteiger partial charge in [0.05, 0.1) is 7.11 Å². The molecule has 0 amide bonds. The van der Waals surface area contributed by atoms with Gasteiger partial charge in [-0.2, -0.15) is 0 Å². The summed E-state index contributed by atoms with van der Waals surface area (Å²) in [6.45, 7) is 3.56. The summed E-state index contributed by atoms with van der Waals surface area (Å²) in [5.74, 6) is -0.682. The second-order valence-electron chi connectivity index (χ2n) is 2.67. The smallest absolute Gasteiger partial charge is 0.259 e. The highest BCUT2D eigenvalue weighted by Gasteiger charge is 2.56. The maximum Gasteiger partial charge on any atom is 0.259 e. The van der Waals surface area contributed by atoms with E-state index in [-0.39, 0.29) is 0 Å². The van der Waals surface area contributed by atoms with Crippen molar-refractivity contribution in [1.29, 1.82) is 0 Å². The highest BCUT2D eigenvalue weighted by molar-refractivity contribution is 5.42. The Morgan fingerprint density at radius 1 is 1.38 bits per heavy atom. The van der Waals surface area contributed by atoms with Crippen LogP contribution in [0.25, 0.3) is 0 Å². The van der Waals surface area contributed by atoms with Gasteiger partial charge in [-0.3, -0.25) is 0 Å². The van der Waals surface area contributed by atoms with E-state index in [0.29, 0.717) is 11.3 Å². The van der Waals surface area contributed by atoms with Gasteiger partial charge < -0.3 is 19.3 Å². The van der Waals surface area contributed by atoms with E-state index < -0.39 is 11.9 Å². The van der Waals surface area contributed by atoms with Crippen molar-refractivity contribution in [3.63, 3.8) is 0 Å². The molecular weight excluding hydrogens is 172 g/mol. The maximum absolute atomic E-state index is 9.66. The molecule has 0 aromatic rings. The minimum Gasteiger partial charge on any atom is -0.495 e. The average Bonchev–Trinajstić information content (AvgIpc) is 2.16. The van der Waals surface area contributed by atoms with Crippen molar-refractivity contribution in [2.75, 3.05) is 21.3 Å². The third kappa shape index (κ3) is 1.10. The molecule has 0 spiro atoms. The van der Waals surface area contributed by atoms with Crippen LogP contribution in [0, 0.1) is 0 Å². The molecule has 0 bridgehead atoms. The zero-order valence-electron chi connectivity index (χ0n) is 8.03. The summed E-state index contributed by atoms with van der Waals surface area (Å²) in [7, 11) is 4.40. The molecule has 1 unspecified atom stereocenters. The van der Waals surface area contributed by atoms with E-state index in [1.54, 1.807) is 0 Å². The van der Waals surface area contributed by atoms with Gasteiger partial charge in [-0.15, -0.1) is 0 Å². The minimum atomic E-state index is -1.15. The molecule has 4 heteroatoms. The number of hydrogen-bond acceptors (Lipinski definition) is 4. The van der Waals surface area contributed by atoms with Gasteiger partial charge in [0.2, 0.25) is 0 Å². The first kappa shape index (κ1) is 10.2. The van der Waals surface area contributed by atoms with Gasteiger partial charge in [-0.1, -0.05) is 12.7 Å². The Balaban J connectivity index is 3.05. The number of rotatable bonds is 4. The largest absolute Gasteiger partial charge is 0.495 e. The van der Waals surface area contributed by atoms with Gasteiger partial charge in [0, 0.05) is 19.8 Å². The van der Waals surface area contributed by atoms with E-state index in [1.807, 2.05) is 0 Å². The van der Waals surface area contributed by atoms with Crippen LogP contribution >= 0.6 is 0 Å². The molecule has 13 heavy (non-hydrogen) atoms. The third-order valence-corrected chi connectivity index (χ3v) is 2.26. The molecule has 0 aliphatic heterocycles. The summed E-state index contributed by atoms with van der Waals surface area (Å²) in [5, 5.41) is 9.66. The summed E-state index contributed by atoms with van der Waals surface area (Å²) in [6.07, 6.45) is 0.690. The van der Waals surface area contributed by atoms with E-state index in [1.165, 1.54) is 27.4 Å². The third-order valence-electron chi connectivity index (χ3n) is 2.26. The molecule has 0 fully saturated rings. The lowest BCUT2D eigenvalue weighted by atomic mass is 9.85. The fourth-order valence-electron chi connectivity index (χ4n) is 1.53. The SMILES string of the molecule is C=CC1=C(OC)C(OC)(OC)C1O. The van der Waals surface area contributed by atoms with E-state index in [0.717, 1.165) is 0 Å². The van der Waals surface area contributed by atoms with Gasteiger partial charge in [0.1, 0.15) is 6.10 Å². The van der Waals surface area contributed by atoms with Crippen LogP contribution in [0.3, 0.4) is 0 Å². The first-order valence-corrected chi connectivity index (χ1v) is 3.87. The number of methoxy groups -OCH3 is 3. The number of hydrogen-bond donors (Lipinski definition) is 1. The Morgan fingerprint density at radius 2 is 1.92 bits per heavy atom. The second kappa shape index (κ2) is 3.49. The Hall–Kier alpha value is -0.840. The lowest BCUT2D eigenvalue weighted by molar-refractivity contribution is -0.263. The molecule has 0 heterocycles. The summed E-state index contributed by atoms with van der Waals surface area (Å²) in [5.41, 5.74) is 0.603. The van der Waals surface area contributed by atoms with Crippen LogP contribution in [0.4, 0.5) is 0 Å². The van der Waals surface area contributed by atoms with Crippen molar-refractivity contribution < 1.29 is 19.3 Å². The van der Waals surface area contributed by atoms with Gasteiger partial charge in [0.15, 0.2) is 5.76 Å². The van der Waals surface area contributed by atoms with Crippen molar-refractivity contribution in [2.45, 2.75) is 11.9 Å². The number of ether oxygens (including phenoxy) is 3. The van der Waals surface area contributed by atoms with Crippen LogP contribution in [-0.2, 0) is 14.2 Å². The summed E-state index contributed by atoms with van der Waals surface area (Å²) >= 11 is 0. The molecule has 0 radical (unpaired) electrons. The second-order valence-corrected chi connectivity index (χ2v) is 2.67. The highest BCUT2D eigenvalue weighted by atomic mass is 16.7. The molecule has 0 saturated heterocycles. The van der Waals surface area contributed by atoms with Crippen molar-refractivity contribution >= 4 is 0 Å². The van der Waals surface area contributed by atoms with Crippen LogP contribution in [0.5, 0.6) is 0 Å². The molecule has 1 atom stereocenters. The zero-order valence-corrected chi connectivity index (χ0v) is 8.03. The Kier molecular flexibility index (Phi) is 2.75. The minimum absolute atomic E-state index is 0.472. The average molecular weight is 186 g/mol. The molecule has 0 aromatic carbocycles. The molecule has 0 saturated carbocycles. The van der Waals surface area contributed by atoms with E-state index >= 15 is 0 Å². The molecular formula is C9H14O4. The first-order valence-electron chi connectivity index (χ1n) is 3.87. The lowest BCUT2D eigenvalue weighted by Crippen LogP contribution is -2.57. The van der Waals surface area contributed by atoms with Crippen molar-refractivity contribution in [2.24, 2.45) is 0 Å². The Labute approximate surface area is 77.4 Å². The zero-order chi connectivity index (χ0) is 10.1. The normalized spacial score (nSPS) is 25.4. The van der Waals surface area contributed by atoms with Crippen molar-refractivity contribution in [3.8, 4) is 0 Å². The highest BCUT2D eigenvalue weighted by Crippen LogP contribution is 2.42. The topological polar surface area (TPSA) is 47.9 Å². The summed E-state index contributed by atoms with van der Waals surface area (Å²) in [4.78, 5) is 0. The molecule has 4 nitrogen and oxygen atoms in total. The lowest BCUT2D eigenvalue weighted by Gasteiger charge is -2.44. The van der Waals surface area contributed by atoms with E-state index in [4.69, 9.17) is 14.2 Å². The fourth-order valence-corrected chi connectivity index (χ4v) is 1.53. The summed E-state index contributed by atoms with van der Waals surface area (Å²) in [6, 6.07) is 0. The van der Waals surface area contributed by atoms with Gasteiger partial charge >= 0.3 is 0 Å². The quantitative estimate of drug-likeness (QED) is 0.647. The predicted molar refractivity (Wildman–Crippen MR) is 47.0 cm³/mol. The van der Waals surface area contributed by atoms with E-state index in [2.05, 4.69) is 6.58 Å². The molecule has 74 valence electrons. The van der Waals surface area contributed by atoms with Crippen LogP contribution < -0.4 is 0 Å². The van der Waals surface area contributed by atoms with Crippen LogP contribution in [0.2, 0.25) is 0 Å². The van der Waals surface area contributed by atoms with Crippen LogP contribution in [0.15, 0.2) is 24.0 Å². The molecule has 0 aromatic heterocycles. The van der Waals surface area contributed by atoms with E-state index in [9.17, 15) is 5.11 Å². The summed E-state index contributed by atoms with van der Waals surface area (Å²) < 4.78 is 15.2. The fraction of sp³-hybridized carbons (Fsp3) is 0.556. The molecule has 1 aliphatic rings. The van der Waals surface area contributed by atoms with Gasteiger partial charge in [-0.05, 0) is 0 Å². The first-order chi connectivity index (χ1) is 6.17. The maximum atomic E-state index is 9.66. The number of aliphatic hydroxyl groups excluding tert-OH is 1. The van der Waals surface area contributed by atoms with Gasteiger partial charge in [-0.25, -0.2) is 0 Å². The number of aliphatic hydroxyl groups is 1. The predicted octanol–water partition coefficient (Wildman–Crippen LogP) is 0.436. The molecule has 1 N–H and O–H groups in total. The monoisotopic (exact) mass is 186 g/mol. The van der Waals surface area contributed by atoms with Crippen molar-refractivity contribution in [3.05, 3.63) is 24.0 Å². The van der Waals surface area contributed by atoms with Crippen molar-refractivity contribution in [1.82, 2.24) is 0 Å².